The second-order valence-corrected chi connectivity index (χ2v) is 5.76. The van der Waals surface area contributed by atoms with Crippen molar-refractivity contribution in [3.8, 4) is 5.75 Å². The van der Waals surface area contributed by atoms with Crippen LogP contribution in [0.3, 0.4) is 0 Å². The van der Waals surface area contributed by atoms with Gasteiger partial charge in [0.1, 0.15) is 5.75 Å². The van der Waals surface area contributed by atoms with Crippen LogP contribution in [0.2, 0.25) is 5.02 Å². The van der Waals surface area contributed by atoms with Crippen LogP contribution in [-0.2, 0) is 4.79 Å². The van der Waals surface area contributed by atoms with Gasteiger partial charge in [0.2, 0.25) is 0 Å². The van der Waals surface area contributed by atoms with Gasteiger partial charge < -0.3 is 15.4 Å². The highest BCUT2D eigenvalue weighted by atomic mass is 35.5. The van der Waals surface area contributed by atoms with Crippen LogP contribution in [0.5, 0.6) is 5.75 Å². The van der Waals surface area contributed by atoms with Crippen molar-refractivity contribution in [1.29, 1.82) is 0 Å². The Hall–Kier alpha value is -0.970. The standard InChI is InChI=1S/C15H21ClN2O2.ClH/c1-11(17)12-6-8-18(9-7-12)15(19)10-20-14-4-2-13(16)3-5-14;/h2-5,11-12H,6-10,17H2,1H3;1H. The largest absolute Gasteiger partial charge is 0.484 e. The van der Waals surface area contributed by atoms with Gasteiger partial charge in [-0.15, -0.1) is 12.4 Å². The minimum absolute atomic E-state index is 0. The maximum absolute atomic E-state index is 12.1. The number of rotatable bonds is 4. The van der Waals surface area contributed by atoms with E-state index in [1.54, 1.807) is 24.3 Å². The molecule has 2 rings (SSSR count). The number of ether oxygens (including phenoxy) is 1. The molecule has 21 heavy (non-hydrogen) atoms. The summed E-state index contributed by atoms with van der Waals surface area (Å²) in [5.74, 6) is 1.22. The Kier molecular flexibility index (Phi) is 7.29. The fraction of sp³-hybridized carbons (Fsp3) is 0.533. The molecule has 1 saturated heterocycles. The molecule has 1 fully saturated rings. The van der Waals surface area contributed by atoms with Gasteiger partial charge in [-0.1, -0.05) is 11.6 Å². The van der Waals surface area contributed by atoms with Crippen LogP contribution < -0.4 is 10.5 Å². The average molecular weight is 333 g/mol. The molecule has 4 nitrogen and oxygen atoms in total. The van der Waals surface area contributed by atoms with Crippen molar-refractivity contribution in [2.75, 3.05) is 19.7 Å². The third-order valence-electron chi connectivity index (χ3n) is 3.81. The highest BCUT2D eigenvalue weighted by Crippen LogP contribution is 2.20. The van der Waals surface area contributed by atoms with Gasteiger partial charge in [-0.25, -0.2) is 0 Å². The number of hydrogen-bond acceptors (Lipinski definition) is 3. The molecular weight excluding hydrogens is 311 g/mol. The molecule has 0 radical (unpaired) electrons. The number of nitrogens with zero attached hydrogens (tertiary/aromatic N) is 1. The van der Waals surface area contributed by atoms with Crippen molar-refractivity contribution in [3.63, 3.8) is 0 Å². The van der Waals surface area contributed by atoms with Gasteiger partial charge in [-0.3, -0.25) is 4.79 Å². The van der Waals surface area contributed by atoms with Crippen molar-refractivity contribution in [1.82, 2.24) is 4.90 Å². The number of halogens is 2. The summed E-state index contributed by atoms with van der Waals surface area (Å²) < 4.78 is 5.48. The van der Waals surface area contributed by atoms with E-state index >= 15 is 0 Å². The van der Waals surface area contributed by atoms with Crippen LogP contribution in [0.4, 0.5) is 0 Å². The number of benzene rings is 1. The van der Waals surface area contributed by atoms with Crippen LogP contribution in [-0.4, -0.2) is 36.5 Å². The average Bonchev–Trinajstić information content (AvgIpc) is 2.46. The Morgan fingerprint density at radius 3 is 2.48 bits per heavy atom. The summed E-state index contributed by atoms with van der Waals surface area (Å²) in [6, 6.07) is 7.22. The van der Waals surface area contributed by atoms with Gasteiger partial charge in [-0.2, -0.15) is 0 Å². The summed E-state index contributed by atoms with van der Waals surface area (Å²) in [5.41, 5.74) is 5.90. The Balaban J connectivity index is 0.00000220. The summed E-state index contributed by atoms with van der Waals surface area (Å²) in [7, 11) is 0. The summed E-state index contributed by atoms with van der Waals surface area (Å²) in [4.78, 5) is 13.9. The molecule has 0 saturated carbocycles. The summed E-state index contributed by atoms with van der Waals surface area (Å²) in [6.07, 6.45) is 1.95. The summed E-state index contributed by atoms with van der Waals surface area (Å²) in [5, 5.41) is 0.654. The van der Waals surface area contributed by atoms with Gasteiger partial charge in [0, 0.05) is 24.2 Å². The number of likely N-dealkylation sites (tertiary alicyclic amines) is 1. The Labute approximate surface area is 137 Å². The second-order valence-electron chi connectivity index (χ2n) is 5.32. The van der Waals surface area contributed by atoms with E-state index < -0.39 is 0 Å². The van der Waals surface area contributed by atoms with Crippen LogP contribution in [0.25, 0.3) is 0 Å². The number of nitrogens with two attached hydrogens (primary N) is 1. The first-order valence-electron chi connectivity index (χ1n) is 6.98. The molecule has 0 aromatic heterocycles. The Morgan fingerprint density at radius 1 is 1.38 bits per heavy atom. The van der Waals surface area contributed by atoms with E-state index in [0.29, 0.717) is 16.7 Å². The molecule has 1 atom stereocenters. The molecule has 0 bridgehead atoms. The topological polar surface area (TPSA) is 55.6 Å². The second kappa shape index (κ2) is 8.47. The first kappa shape index (κ1) is 18.1. The van der Waals surface area contributed by atoms with E-state index in [0.717, 1.165) is 25.9 Å². The molecule has 1 aromatic rings. The Bertz CT molecular complexity index is 443. The van der Waals surface area contributed by atoms with Crippen LogP contribution >= 0.6 is 24.0 Å². The zero-order valence-corrected chi connectivity index (χ0v) is 13.7. The lowest BCUT2D eigenvalue weighted by atomic mass is 9.91. The maximum Gasteiger partial charge on any atom is 0.260 e. The van der Waals surface area contributed by atoms with Crippen molar-refractivity contribution in [3.05, 3.63) is 29.3 Å². The molecule has 0 spiro atoms. The summed E-state index contributed by atoms with van der Waals surface area (Å²) in [6.45, 7) is 3.65. The molecule has 1 heterocycles. The number of carbonyl (C=O) groups excluding carboxylic acids is 1. The van der Waals surface area contributed by atoms with E-state index in [9.17, 15) is 4.79 Å². The van der Waals surface area contributed by atoms with E-state index in [4.69, 9.17) is 22.1 Å². The zero-order valence-electron chi connectivity index (χ0n) is 12.1. The molecule has 1 aromatic carbocycles. The molecule has 1 unspecified atom stereocenters. The molecule has 6 heteroatoms. The lowest BCUT2D eigenvalue weighted by molar-refractivity contribution is -0.134. The fourth-order valence-electron chi connectivity index (χ4n) is 2.44. The smallest absolute Gasteiger partial charge is 0.260 e. The van der Waals surface area contributed by atoms with Crippen LogP contribution in [0.1, 0.15) is 19.8 Å². The molecule has 0 aliphatic carbocycles. The quantitative estimate of drug-likeness (QED) is 0.922. The van der Waals surface area contributed by atoms with Crippen molar-refractivity contribution in [2.45, 2.75) is 25.8 Å². The van der Waals surface area contributed by atoms with Crippen molar-refractivity contribution < 1.29 is 9.53 Å². The van der Waals surface area contributed by atoms with E-state index in [2.05, 4.69) is 0 Å². The van der Waals surface area contributed by atoms with Gasteiger partial charge in [0.25, 0.3) is 5.91 Å². The highest BCUT2D eigenvalue weighted by molar-refractivity contribution is 6.30. The van der Waals surface area contributed by atoms with Gasteiger partial charge in [0.05, 0.1) is 0 Å². The first-order valence-corrected chi connectivity index (χ1v) is 7.36. The number of amides is 1. The van der Waals surface area contributed by atoms with E-state index in [-0.39, 0.29) is 31.0 Å². The number of carbonyl (C=O) groups is 1. The molecular formula is C15H22Cl2N2O2. The van der Waals surface area contributed by atoms with E-state index in [1.807, 2.05) is 11.8 Å². The first-order chi connectivity index (χ1) is 9.56. The van der Waals surface area contributed by atoms with Crippen molar-refractivity contribution >= 4 is 29.9 Å². The fourth-order valence-corrected chi connectivity index (χ4v) is 2.57. The summed E-state index contributed by atoms with van der Waals surface area (Å²) >= 11 is 5.79. The minimum Gasteiger partial charge on any atom is -0.484 e. The normalized spacial score (nSPS) is 17.0. The van der Waals surface area contributed by atoms with Gasteiger partial charge >= 0.3 is 0 Å². The van der Waals surface area contributed by atoms with Crippen molar-refractivity contribution in [2.24, 2.45) is 11.7 Å². The third kappa shape index (κ3) is 5.38. The lowest BCUT2D eigenvalue weighted by Crippen LogP contribution is -2.44. The molecule has 1 aliphatic rings. The maximum atomic E-state index is 12.1. The number of piperidine rings is 1. The molecule has 2 N–H and O–H groups in total. The lowest BCUT2D eigenvalue weighted by Gasteiger charge is -2.33. The van der Waals surface area contributed by atoms with Gasteiger partial charge in [-0.05, 0) is 49.9 Å². The van der Waals surface area contributed by atoms with E-state index in [1.165, 1.54) is 0 Å². The third-order valence-corrected chi connectivity index (χ3v) is 4.06. The SMILES string of the molecule is CC(N)C1CCN(C(=O)COc2ccc(Cl)cc2)CC1.Cl. The predicted octanol–water partition coefficient (Wildman–Crippen LogP) is 2.73. The van der Waals surface area contributed by atoms with Crippen LogP contribution in [0.15, 0.2) is 24.3 Å². The predicted molar refractivity (Wildman–Crippen MR) is 87.1 cm³/mol. The van der Waals surface area contributed by atoms with Crippen LogP contribution in [0, 0.1) is 5.92 Å². The molecule has 118 valence electrons. The highest BCUT2D eigenvalue weighted by Gasteiger charge is 2.24. The molecule has 1 aliphatic heterocycles. The zero-order chi connectivity index (χ0) is 14.5. The molecule has 1 amide bonds. The van der Waals surface area contributed by atoms with Gasteiger partial charge in [0.15, 0.2) is 6.61 Å². The Morgan fingerprint density at radius 2 is 1.95 bits per heavy atom. The monoisotopic (exact) mass is 332 g/mol. The minimum atomic E-state index is 0. The number of hydrogen-bond donors (Lipinski definition) is 1.